The summed E-state index contributed by atoms with van der Waals surface area (Å²) in [5.41, 5.74) is 5.68. The quantitative estimate of drug-likeness (QED) is 0.638. The summed E-state index contributed by atoms with van der Waals surface area (Å²) in [6, 6.07) is 0. The van der Waals surface area contributed by atoms with E-state index in [1.165, 1.54) is 4.90 Å². The maximum absolute atomic E-state index is 12.6. The molecule has 1 unspecified atom stereocenters. The first kappa shape index (κ1) is 13.9. The van der Waals surface area contributed by atoms with Crippen molar-refractivity contribution in [1.29, 1.82) is 0 Å². The number of anilines is 2. The zero-order valence-corrected chi connectivity index (χ0v) is 11.2. The molecule has 7 nitrogen and oxygen atoms in total. The van der Waals surface area contributed by atoms with E-state index in [4.69, 9.17) is 17.3 Å². The molecule has 0 radical (unpaired) electrons. The molecule has 10 heteroatoms. The molecule has 2 N–H and O–H groups in total. The molecule has 1 atom stereocenters. The van der Waals surface area contributed by atoms with Crippen LogP contribution >= 0.6 is 11.6 Å². The second kappa shape index (κ2) is 4.89. The molecule has 1 fully saturated rings. The largest absolute Gasteiger partial charge is 0.393 e. The van der Waals surface area contributed by atoms with Crippen LogP contribution in [-0.2, 0) is 15.0 Å². The molecule has 0 bridgehead atoms. The Morgan fingerprint density at radius 1 is 1.53 bits per heavy atom. The summed E-state index contributed by atoms with van der Waals surface area (Å²) in [5.74, 6) is -1.59. The highest BCUT2D eigenvalue weighted by molar-refractivity contribution is 7.86. The molecule has 1 aliphatic rings. The standard InChI is InChI=1S/C9H10ClFN4O3S/c10-8-7(12)9(14-4-13-8)15-2-5(1-6(15)16)3-19(11,17)18/h4-5H,1-3,12H2. The fraction of sp³-hybridized carbons (Fsp3) is 0.444. The zero-order chi connectivity index (χ0) is 14.2. The van der Waals surface area contributed by atoms with Gasteiger partial charge in [0.2, 0.25) is 5.91 Å². The second-order valence-electron chi connectivity index (χ2n) is 4.18. The maximum atomic E-state index is 12.6. The molecule has 2 rings (SSSR count). The van der Waals surface area contributed by atoms with Crippen molar-refractivity contribution in [2.75, 3.05) is 22.9 Å². The minimum absolute atomic E-state index is 0.000590. The number of hydrogen-bond donors (Lipinski definition) is 1. The number of nitrogens with zero attached hydrogens (tertiary/aromatic N) is 3. The van der Waals surface area contributed by atoms with Crippen molar-refractivity contribution in [2.45, 2.75) is 6.42 Å². The van der Waals surface area contributed by atoms with Crippen LogP contribution in [0.4, 0.5) is 15.4 Å². The fourth-order valence-electron chi connectivity index (χ4n) is 1.96. The van der Waals surface area contributed by atoms with Crippen LogP contribution in [0.15, 0.2) is 6.33 Å². The molecule has 0 saturated carbocycles. The number of hydrogen-bond acceptors (Lipinski definition) is 6. The van der Waals surface area contributed by atoms with E-state index < -0.39 is 21.9 Å². The van der Waals surface area contributed by atoms with Crippen LogP contribution in [0.5, 0.6) is 0 Å². The van der Waals surface area contributed by atoms with Crippen LogP contribution in [-0.4, -0.2) is 36.6 Å². The number of aromatic nitrogens is 2. The van der Waals surface area contributed by atoms with E-state index in [2.05, 4.69) is 9.97 Å². The first-order chi connectivity index (χ1) is 8.78. The van der Waals surface area contributed by atoms with E-state index >= 15 is 0 Å². The van der Waals surface area contributed by atoms with E-state index in [9.17, 15) is 17.1 Å². The second-order valence-corrected chi connectivity index (χ2v) is 5.95. The molecule has 0 spiro atoms. The van der Waals surface area contributed by atoms with Crippen LogP contribution in [0.2, 0.25) is 5.15 Å². The van der Waals surface area contributed by atoms with Crippen molar-refractivity contribution in [1.82, 2.24) is 9.97 Å². The van der Waals surface area contributed by atoms with E-state index in [-0.39, 0.29) is 35.5 Å². The third-order valence-electron chi connectivity index (χ3n) is 2.71. The molecule has 1 saturated heterocycles. The van der Waals surface area contributed by atoms with Gasteiger partial charge in [0.15, 0.2) is 11.0 Å². The molecule has 1 aliphatic heterocycles. The van der Waals surface area contributed by atoms with Gasteiger partial charge in [-0.05, 0) is 0 Å². The summed E-state index contributed by atoms with van der Waals surface area (Å²) >= 11 is 5.71. The van der Waals surface area contributed by atoms with Gasteiger partial charge in [-0.15, -0.1) is 3.89 Å². The number of nitrogens with two attached hydrogens (primary N) is 1. The highest BCUT2D eigenvalue weighted by Gasteiger charge is 2.35. The number of carbonyl (C=O) groups excluding carboxylic acids is 1. The lowest BCUT2D eigenvalue weighted by Crippen LogP contribution is -2.27. The summed E-state index contributed by atoms with van der Waals surface area (Å²) in [6.07, 6.45) is 1.06. The van der Waals surface area contributed by atoms with Crippen molar-refractivity contribution in [3.05, 3.63) is 11.5 Å². The molecule has 1 aromatic rings. The van der Waals surface area contributed by atoms with Crippen LogP contribution in [0.3, 0.4) is 0 Å². The Morgan fingerprint density at radius 3 is 2.84 bits per heavy atom. The van der Waals surface area contributed by atoms with E-state index in [0.717, 1.165) is 6.33 Å². The number of amides is 1. The van der Waals surface area contributed by atoms with E-state index in [1.54, 1.807) is 0 Å². The van der Waals surface area contributed by atoms with Gasteiger partial charge in [0.25, 0.3) is 0 Å². The number of rotatable bonds is 3. The van der Waals surface area contributed by atoms with Crippen LogP contribution in [0.1, 0.15) is 6.42 Å². The lowest BCUT2D eigenvalue weighted by atomic mass is 10.1. The Labute approximate surface area is 113 Å². The van der Waals surface area contributed by atoms with Crippen molar-refractivity contribution >= 4 is 39.2 Å². The van der Waals surface area contributed by atoms with Crippen LogP contribution < -0.4 is 10.6 Å². The number of carbonyl (C=O) groups is 1. The average molecular weight is 309 g/mol. The van der Waals surface area contributed by atoms with Crippen molar-refractivity contribution in [2.24, 2.45) is 5.92 Å². The lowest BCUT2D eigenvalue weighted by Gasteiger charge is -2.17. The molecule has 1 amide bonds. The third kappa shape index (κ3) is 3.10. The Hall–Kier alpha value is -1.48. The summed E-state index contributed by atoms with van der Waals surface area (Å²) in [6.45, 7) is 0.0273. The van der Waals surface area contributed by atoms with Crippen LogP contribution in [0.25, 0.3) is 0 Å². The molecule has 0 aliphatic carbocycles. The SMILES string of the molecule is Nc1c(Cl)ncnc1N1CC(CS(=O)(=O)F)CC1=O. The monoisotopic (exact) mass is 308 g/mol. The molecule has 0 aromatic carbocycles. The molecule has 19 heavy (non-hydrogen) atoms. The molecule has 104 valence electrons. The summed E-state index contributed by atoms with van der Waals surface area (Å²) < 4.78 is 33.8. The van der Waals surface area contributed by atoms with Gasteiger partial charge in [0.1, 0.15) is 12.0 Å². The topological polar surface area (TPSA) is 106 Å². The highest BCUT2D eigenvalue weighted by atomic mass is 35.5. The minimum atomic E-state index is -4.62. The van der Waals surface area contributed by atoms with Gasteiger partial charge >= 0.3 is 10.2 Å². The Morgan fingerprint density at radius 2 is 2.21 bits per heavy atom. The normalized spacial score (nSPS) is 20.0. The maximum Gasteiger partial charge on any atom is 0.302 e. The lowest BCUT2D eigenvalue weighted by molar-refractivity contribution is -0.117. The van der Waals surface area contributed by atoms with Gasteiger partial charge < -0.3 is 5.73 Å². The van der Waals surface area contributed by atoms with Gasteiger partial charge in [0, 0.05) is 18.9 Å². The first-order valence-electron chi connectivity index (χ1n) is 5.26. The molecular weight excluding hydrogens is 299 g/mol. The summed E-state index contributed by atoms with van der Waals surface area (Å²) in [7, 11) is -4.62. The zero-order valence-electron chi connectivity index (χ0n) is 9.58. The van der Waals surface area contributed by atoms with Gasteiger partial charge in [-0.3, -0.25) is 9.69 Å². The van der Waals surface area contributed by atoms with E-state index in [0.29, 0.717) is 0 Å². The van der Waals surface area contributed by atoms with Crippen molar-refractivity contribution < 1.29 is 17.1 Å². The Balaban J connectivity index is 2.23. The van der Waals surface area contributed by atoms with Gasteiger partial charge in [-0.1, -0.05) is 11.6 Å². The van der Waals surface area contributed by atoms with Crippen molar-refractivity contribution in [3.8, 4) is 0 Å². The summed E-state index contributed by atoms with van der Waals surface area (Å²) in [4.78, 5) is 20.5. The highest BCUT2D eigenvalue weighted by Crippen LogP contribution is 2.31. The minimum Gasteiger partial charge on any atom is -0.393 e. The first-order valence-corrected chi connectivity index (χ1v) is 7.19. The van der Waals surface area contributed by atoms with Crippen LogP contribution in [0, 0.1) is 5.92 Å². The Bertz CT molecular complexity index is 624. The van der Waals surface area contributed by atoms with Gasteiger partial charge in [-0.25, -0.2) is 9.97 Å². The predicted octanol–water partition coefficient (Wildman–Crippen LogP) is 0.364. The number of halogens is 2. The average Bonchev–Trinajstić information content (AvgIpc) is 2.61. The molecular formula is C9H10ClFN4O3S. The van der Waals surface area contributed by atoms with Crippen molar-refractivity contribution in [3.63, 3.8) is 0 Å². The third-order valence-corrected chi connectivity index (χ3v) is 3.88. The predicted molar refractivity (Wildman–Crippen MR) is 66.8 cm³/mol. The number of nitrogen functional groups attached to an aromatic ring is 1. The van der Waals surface area contributed by atoms with Gasteiger partial charge in [-0.2, -0.15) is 8.42 Å². The fourth-order valence-corrected chi connectivity index (χ4v) is 2.87. The Kier molecular flexibility index (Phi) is 3.59. The molecule has 1 aromatic heterocycles. The summed E-state index contributed by atoms with van der Waals surface area (Å²) in [5, 5.41) is -0.000590. The van der Waals surface area contributed by atoms with E-state index in [1.807, 2.05) is 0 Å². The molecule has 2 heterocycles. The van der Waals surface area contributed by atoms with Gasteiger partial charge in [0.05, 0.1) is 5.75 Å². The smallest absolute Gasteiger partial charge is 0.302 e.